The molecule has 1 aromatic heterocycles. The summed E-state index contributed by atoms with van der Waals surface area (Å²) < 4.78 is 27.5. The fourth-order valence-corrected chi connectivity index (χ4v) is 3.72. The molecule has 0 unspecified atom stereocenters. The first-order valence-electron chi connectivity index (χ1n) is 11.8. The van der Waals surface area contributed by atoms with E-state index in [1.165, 1.54) is 12.3 Å². The number of nitrogens with one attached hydrogen (secondary N) is 2. The van der Waals surface area contributed by atoms with E-state index in [1.54, 1.807) is 38.1 Å². The van der Waals surface area contributed by atoms with Gasteiger partial charge in [0.2, 0.25) is 0 Å². The lowest BCUT2D eigenvalue weighted by atomic mass is 9.86. The molecule has 0 aliphatic heterocycles. The molecule has 3 rings (SSSR count). The molecule has 0 fully saturated rings. The van der Waals surface area contributed by atoms with Crippen LogP contribution in [-0.2, 0) is 22.4 Å². The highest BCUT2D eigenvalue weighted by Crippen LogP contribution is 2.26. The maximum absolute atomic E-state index is 13.7. The summed E-state index contributed by atoms with van der Waals surface area (Å²) in [7, 11) is 0. The smallest absolute Gasteiger partial charge is 0.309 e. The zero-order valence-corrected chi connectivity index (χ0v) is 20.9. The van der Waals surface area contributed by atoms with Crippen LogP contribution in [0.25, 0.3) is 0 Å². The number of amides is 1. The molecule has 194 valence electrons. The molecule has 2 aromatic carbocycles. The van der Waals surface area contributed by atoms with Crippen molar-refractivity contribution in [3.8, 4) is 0 Å². The topological polar surface area (TPSA) is 108 Å². The Hall–Kier alpha value is -4.14. The van der Waals surface area contributed by atoms with Gasteiger partial charge in [0.1, 0.15) is 17.4 Å². The number of nitrogens with zero attached hydrogens (tertiary/aromatic N) is 1. The van der Waals surface area contributed by atoms with Gasteiger partial charge in [-0.25, -0.2) is 8.78 Å². The average molecular weight is 510 g/mol. The van der Waals surface area contributed by atoms with Crippen molar-refractivity contribution in [2.45, 2.75) is 46.5 Å². The first-order valence-corrected chi connectivity index (χ1v) is 11.8. The molecular weight excluding hydrogens is 480 g/mol. The molecule has 3 N–H and O–H groups in total. The maximum atomic E-state index is 13.7. The lowest BCUT2D eigenvalue weighted by Crippen LogP contribution is -2.26. The second-order valence-electron chi connectivity index (χ2n) is 9.49. The Balaban J connectivity index is 1.85. The number of ketones is 1. The van der Waals surface area contributed by atoms with E-state index < -0.39 is 28.9 Å². The van der Waals surface area contributed by atoms with Crippen molar-refractivity contribution in [2.75, 3.05) is 10.6 Å². The number of aromatic nitrogens is 1. The summed E-state index contributed by atoms with van der Waals surface area (Å²) in [5.74, 6) is -3.02. The van der Waals surface area contributed by atoms with Crippen LogP contribution in [0.15, 0.2) is 54.7 Å². The van der Waals surface area contributed by atoms with Gasteiger partial charge in [0.15, 0.2) is 0 Å². The van der Waals surface area contributed by atoms with E-state index in [0.29, 0.717) is 30.6 Å². The SMILES string of the molecule is CCCC(=O)Cc1cc(Nc2cc(F)cc(F)c2)c(C(=O)Nc2ccc(CC(C)(C)C(=O)O)cc2)cn1. The molecule has 0 saturated heterocycles. The van der Waals surface area contributed by atoms with Crippen molar-refractivity contribution >= 4 is 34.7 Å². The molecule has 0 atom stereocenters. The van der Waals surface area contributed by atoms with Crippen LogP contribution in [0.2, 0.25) is 0 Å². The van der Waals surface area contributed by atoms with Gasteiger partial charge in [-0.3, -0.25) is 19.4 Å². The first-order chi connectivity index (χ1) is 17.5. The third-order valence-electron chi connectivity index (χ3n) is 5.69. The molecule has 7 nitrogen and oxygen atoms in total. The Bertz CT molecular complexity index is 1290. The molecule has 0 aliphatic carbocycles. The second kappa shape index (κ2) is 11.7. The summed E-state index contributed by atoms with van der Waals surface area (Å²) >= 11 is 0. The molecular formula is C28H29F2N3O4. The molecule has 0 spiro atoms. The van der Waals surface area contributed by atoms with Crippen molar-refractivity contribution in [1.82, 2.24) is 4.98 Å². The summed E-state index contributed by atoms with van der Waals surface area (Å²) in [6.45, 7) is 5.16. The first kappa shape index (κ1) is 27.4. The lowest BCUT2D eigenvalue weighted by molar-refractivity contribution is -0.146. The number of carboxylic acid groups (broad SMARTS) is 1. The lowest BCUT2D eigenvalue weighted by Gasteiger charge is -2.19. The van der Waals surface area contributed by atoms with Gasteiger partial charge in [-0.15, -0.1) is 0 Å². The number of carbonyl (C=O) groups is 3. The fraction of sp³-hybridized carbons (Fsp3) is 0.286. The van der Waals surface area contributed by atoms with Gasteiger partial charge in [-0.1, -0.05) is 19.1 Å². The minimum Gasteiger partial charge on any atom is -0.481 e. The Kier molecular flexibility index (Phi) is 8.70. The van der Waals surface area contributed by atoms with Crippen molar-refractivity contribution in [2.24, 2.45) is 5.41 Å². The van der Waals surface area contributed by atoms with E-state index in [4.69, 9.17) is 0 Å². The van der Waals surface area contributed by atoms with Gasteiger partial charge in [0.05, 0.1) is 16.7 Å². The van der Waals surface area contributed by atoms with E-state index in [1.807, 2.05) is 6.92 Å². The Morgan fingerprint density at radius 2 is 1.62 bits per heavy atom. The summed E-state index contributed by atoms with van der Waals surface area (Å²) in [5.41, 5.74) is 1.17. The standard InChI is InChI=1S/C28H29F2N3O4/c1-4-5-23(34)13-21-14-25(32-22-11-18(29)10-19(30)12-22)24(16-31-21)26(35)33-20-8-6-17(7-9-20)15-28(2,3)27(36)37/h6-12,14,16H,4-5,13,15H2,1-3H3,(H,31,32)(H,33,35)(H,36,37). The predicted octanol–water partition coefficient (Wildman–Crippen LogP) is 5.92. The fourth-order valence-electron chi connectivity index (χ4n) is 3.72. The summed E-state index contributed by atoms with van der Waals surface area (Å²) in [5, 5.41) is 14.9. The molecule has 0 radical (unpaired) electrons. The number of benzene rings is 2. The van der Waals surface area contributed by atoms with Gasteiger partial charge in [-0.2, -0.15) is 0 Å². The minimum atomic E-state index is -0.937. The molecule has 9 heteroatoms. The number of aliphatic carboxylic acids is 1. The zero-order chi connectivity index (χ0) is 27.2. The Morgan fingerprint density at radius 1 is 0.973 bits per heavy atom. The largest absolute Gasteiger partial charge is 0.481 e. The van der Waals surface area contributed by atoms with E-state index >= 15 is 0 Å². The number of rotatable bonds is 11. The molecule has 37 heavy (non-hydrogen) atoms. The number of pyridine rings is 1. The monoisotopic (exact) mass is 509 g/mol. The van der Waals surface area contributed by atoms with E-state index in [2.05, 4.69) is 15.6 Å². The second-order valence-corrected chi connectivity index (χ2v) is 9.49. The summed E-state index contributed by atoms with van der Waals surface area (Å²) in [4.78, 5) is 40.9. The van der Waals surface area contributed by atoms with Gasteiger partial charge in [0, 0.05) is 42.2 Å². The number of carboxylic acids is 1. The zero-order valence-electron chi connectivity index (χ0n) is 20.9. The van der Waals surface area contributed by atoms with E-state index in [0.717, 1.165) is 23.8 Å². The van der Waals surface area contributed by atoms with Crippen molar-refractivity contribution in [3.05, 3.63) is 83.2 Å². The Labute approximate surface area is 213 Å². The van der Waals surface area contributed by atoms with Crippen LogP contribution in [0.3, 0.4) is 0 Å². The van der Waals surface area contributed by atoms with Crippen molar-refractivity contribution in [1.29, 1.82) is 0 Å². The molecule has 0 aliphatic rings. The van der Waals surface area contributed by atoms with Crippen LogP contribution in [0.4, 0.5) is 25.8 Å². The van der Waals surface area contributed by atoms with Gasteiger partial charge in [-0.05, 0) is 62.6 Å². The Morgan fingerprint density at radius 3 is 2.22 bits per heavy atom. The number of carbonyl (C=O) groups excluding carboxylic acids is 2. The third kappa shape index (κ3) is 7.67. The van der Waals surface area contributed by atoms with E-state index in [-0.39, 0.29) is 29.1 Å². The van der Waals surface area contributed by atoms with Crippen molar-refractivity contribution in [3.63, 3.8) is 0 Å². The molecule has 1 amide bonds. The van der Waals surface area contributed by atoms with Crippen LogP contribution in [0, 0.1) is 17.0 Å². The highest BCUT2D eigenvalue weighted by Gasteiger charge is 2.27. The maximum Gasteiger partial charge on any atom is 0.309 e. The number of hydrogen-bond acceptors (Lipinski definition) is 5. The third-order valence-corrected chi connectivity index (χ3v) is 5.69. The van der Waals surface area contributed by atoms with Crippen LogP contribution < -0.4 is 10.6 Å². The normalized spacial score (nSPS) is 11.2. The number of halogens is 2. The number of Topliss-reactive ketones (excluding diaryl/α,β-unsaturated/α-hetero) is 1. The highest BCUT2D eigenvalue weighted by molar-refractivity contribution is 6.08. The summed E-state index contributed by atoms with van der Waals surface area (Å²) in [6, 6.07) is 11.2. The minimum absolute atomic E-state index is 0.0129. The van der Waals surface area contributed by atoms with Gasteiger partial charge < -0.3 is 15.7 Å². The molecule has 0 saturated carbocycles. The molecule has 1 heterocycles. The molecule has 3 aromatic rings. The van der Waals surface area contributed by atoms with Crippen LogP contribution in [-0.4, -0.2) is 27.8 Å². The molecule has 0 bridgehead atoms. The van der Waals surface area contributed by atoms with Crippen LogP contribution in [0.5, 0.6) is 0 Å². The quantitative estimate of drug-likeness (QED) is 0.296. The van der Waals surface area contributed by atoms with E-state index in [9.17, 15) is 28.3 Å². The van der Waals surface area contributed by atoms with Gasteiger partial charge in [0.25, 0.3) is 5.91 Å². The number of hydrogen-bond donors (Lipinski definition) is 3. The van der Waals surface area contributed by atoms with Crippen LogP contribution >= 0.6 is 0 Å². The average Bonchev–Trinajstić information content (AvgIpc) is 2.79. The van der Waals surface area contributed by atoms with Gasteiger partial charge >= 0.3 is 5.97 Å². The van der Waals surface area contributed by atoms with Crippen molar-refractivity contribution < 1.29 is 28.3 Å². The summed E-state index contributed by atoms with van der Waals surface area (Å²) in [6.07, 6.45) is 2.78. The predicted molar refractivity (Wildman–Crippen MR) is 137 cm³/mol. The number of anilines is 3. The van der Waals surface area contributed by atoms with Crippen LogP contribution in [0.1, 0.15) is 55.2 Å². The highest BCUT2D eigenvalue weighted by atomic mass is 19.1.